The molecule has 2 aliphatic carbocycles. The number of hydrogen-bond acceptors (Lipinski definition) is 3. The molecule has 2 aliphatic rings. The summed E-state index contributed by atoms with van der Waals surface area (Å²) in [6.07, 6.45) is 3.29. The number of benzene rings is 1. The Morgan fingerprint density at radius 1 is 1.20 bits per heavy atom. The minimum absolute atomic E-state index is 0.131. The van der Waals surface area contributed by atoms with E-state index in [1.807, 2.05) is 6.07 Å². The monoisotopic (exact) mass is 268 g/mol. The van der Waals surface area contributed by atoms with Gasteiger partial charge in [0.25, 0.3) is 0 Å². The van der Waals surface area contributed by atoms with Crippen LogP contribution in [0.4, 0.5) is 0 Å². The molecule has 1 aromatic rings. The summed E-state index contributed by atoms with van der Waals surface area (Å²) < 4.78 is 0. The van der Waals surface area contributed by atoms with Crippen molar-refractivity contribution >= 4 is 23.1 Å². The van der Waals surface area contributed by atoms with Gasteiger partial charge in [-0.05, 0) is 11.1 Å². The first-order valence-corrected chi connectivity index (χ1v) is 6.36. The number of carboxylic acids is 1. The van der Waals surface area contributed by atoms with Crippen molar-refractivity contribution in [2.75, 3.05) is 0 Å². The molecule has 0 amide bonds. The average Bonchev–Trinajstić information content (AvgIpc) is 2.73. The Hall–Kier alpha value is -2.49. The quantitative estimate of drug-likeness (QED) is 0.834. The van der Waals surface area contributed by atoms with Crippen molar-refractivity contribution < 1.29 is 19.5 Å². The maximum atomic E-state index is 12.4. The van der Waals surface area contributed by atoms with E-state index in [1.165, 1.54) is 6.92 Å². The standard InChI is InChI=1S/C16H12O4/c1-8(16(19)20)9-6-7-11-10-4-2-3-5-12(10)15(18)13(11)14(9)17/h2-9H,1H3,(H,19,20). The topological polar surface area (TPSA) is 71.4 Å². The van der Waals surface area contributed by atoms with Crippen molar-refractivity contribution in [3.05, 3.63) is 53.1 Å². The molecule has 2 unspecified atom stereocenters. The first kappa shape index (κ1) is 12.5. The zero-order valence-corrected chi connectivity index (χ0v) is 10.8. The fourth-order valence-electron chi connectivity index (χ4n) is 2.73. The molecule has 0 saturated heterocycles. The molecule has 4 heteroatoms. The molecule has 1 aromatic carbocycles. The molecule has 0 bridgehead atoms. The molecular weight excluding hydrogens is 256 g/mol. The maximum absolute atomic E-state index is 12.4. The first-order chi connectivity index (χ1) is 9.52. The van der Waals surface area contributed by atoms with Crippen LogP contribution in [-0.4, -0.2) is 22.6 Å². The molecule has 0 fully saturated rings. The van der Waals surface area contributed by atoms with E-state index in [0.29, 0.717) is 11.1 Å². The lowest BCUT2D eigenvalue weighted by Crippen LogP contribution is -2.30. The number of allylic oxidation sites excluding steroid dienone is 4. The summed E-state index contributed by atoms with van der Waals surface area (Å²) in [5, 5.41) is 9.04. The Labute approximate surface area is 115 Å². The second-order valence-corrected chi connectivity index (χ2v) is 5.04. The van der Waals surface area contributed by atoms with Crippen LogP contribution in [0.1, 0.15) is 22.8 Å². The lowest BCUT2D eigenvalue weighted by atomic mass is 9.81. The van der Waals surface area contributed by atoms with Gasteiger partial charge < -0.3 is 5.11 Å². The van der Waals surface area contributed by atoms with E-state index in [2.05, 4.69) is 0 Å². The highest BCUT2D eigenvalue weighted by molar-refractivity contribution is 6.37. The van der Waals surface area contributed by atoms with Crippen molar-refractivity contribution in [3.8, 4) is 0 Å². The number of rotatable bonds is 2. The highest BCUT2D eigenvalue weighted by Gasteiger charge is 2.40. The number of hydrogen-bond donors (Lipinski definition) is 1. The van der Waals surface area contributed by atoms with Gasteiger partial charge in [0.1, 0.15) is 0 Å². The van der Waals surface area contributed by atoms with Crippen molar-refractivity contribution in [3.63, 3.8) is 0 Å². The van der Waals surface area contributed by atoms with Crippen LogP contribution >= 0.6 is 0 Å². The molecule has 2 atom stereocenters. The number of carbonyl (C=O) groups excluding carboxylic acids is 2. The molecule has 0 heterocycles. The van der Waals surface area contributed by atoms with Gasteiger partial charge in [-0.2, -0.15) is 0 Å². The molecule has 0 radical (unpaired) electrons. The van der Waals surface area contributed by atoms with Crippen LogP contribution in [0.5, 0.6) is 0 Å². The molecule has 0 spiro atoms. The first-order valence-electron chi connectivity index (χ1n) is 6.36. The van der Waals surface area contributed by atoms with Gasteiger partial charge in [-0.3, -0.25) is 14.4 Å². The van der Waals surface area contributed by atoms with Gasteiger partial charge in [0.05, 0.1) is 17.4 Å². The van der Waals surface area contributed by atoms with E-state index < -0.39 is 23.6 Å². The Bertz CT molecular complexity index is 709. The molecule has 4 nitrogen and oxygen atoms in total. The van der Waals surface area contributed by atoms with Crippen LogP contribution in [0.25, 0.3) is 5.57 Å². The number of fused-ring (bicyclic) bond motifs is 2. The fourth-order valence-corrected chi connectivity index (χ4v) is 2.73. The van der Waals surface area contributed by atoms with Gasteiger partial charge in [-0.1, -0.05) is 43.3 Å². The van der Waals surface area contributed by atoms with Crippen molar-refractivity contribution in [1.29, 1.82) is 0 Å². The number of carboxylic acid groups (broad SMARTS) is 1. The zero-order chi connectivity index (χ0) is 14.4. The summed E-state index contributed by atoms with van der Waals surface area (Å²) in [6, 6.07) is 7.05. The van der Waals surface area contributed by atoms with Gasteiger partial charge in [0, 0.05) is 5.56 Å². The number of aliphatic carboxylic acids is 1. The van der Waals surface area contributed by atoms with Gasteiger partial charge in [0.2, 0.25) is 0 Å². The smallest absolute Gasteiger partial charge is 0.307 e. The Kier molecular flexibility index (Phi) is 2.67. The van der Waals surface area contributed by atoms with Crippen molar-refractivity contribution in [2.45, 2.75) is 6.92 Å². The largest absolute Gasteiger partial charge is 0.481 e. The lowest BCUT2D eigenvalue weighted by Gasteiger charge is -2.20. The second-order valence-electron chi connectivity index (χ2n) is 5.04. The highest BCUT2D eigenvalue weighted by atomic mass is 16.4. The van der Waals surface area contributed by atoms with Crippen LogP contribution in [0.3, 0.4) is 0 Å². The Balaban J connectivity index is 2.07. The molecule has 100 valence electrons. The van der Waals surface area contributed by atoms with Crippen LogP contribution < -0.4 is 0 Å². The van der Waals surface area contributed by atoms with Crippen molar-refractivity contribution in [1.82, 2.24) is 0 Å². The van der Waals surface area contributed by atoms with E-state index in [9.17, 15) is 14.4 Å². The third-order valence-corrected chi connectivity index (χ3v) is 3.91. The van der Waals surface area contributed by atoms with E-state index in [-0.39, 0.29) is 11.4 Å². The molecule has 1 N–H and O–H groups in total. The number of Topliss-reactive ketones (excluding diaryl/α,β-unsaturated/α-hetero) is 2. The van der Waals surface area contributed by atoms with Crippen LogP contribution in [0.15, 0.2) is 42.0 Å². The predicted octanol–water partition coefficient (Wildman–Crippen LogP) is 2.11. The second kappa shape index (κ2) is 4.27. The minimum Gasteiger partial charge on any atom is -0.481 e. The van der Waals surface area contributed by atoms with E-state index in [1.54, 1.807) is 30.4 Å². The van der Waals surface area contributed by atoms with Gasteiger partial charge >= 0.3 is 5.97 Å². The van der Waals surface area contributed by atoms with E-state index in [4.69, 9.17) is 5.11 Å². The molecule has 0 aliphatic heterocycles. The summed E-state index contributed by atoms with van der Waals surface area (Å²) in [7, 11) is 0. The van der Waals surface area contributed by atoms with Gasteiger partial charge in [-0.25, -0.2) is 0 Å². The third kappa shape index (κ3) is 1.58. The maximum Gasteiger partial charge on any atom is 0.307 e. The van der Waals surface area contributed by atoms with Crippen LogP contribution in [-0.2, 0) is 9.59 Å². The zero-order valence-electron chi connectivity index (χ0n) is 10.8. The molecular formula is C16H12O4. The van der Waals surface area contributed by atoms with E-state index in [0.717, 1.165) is 5.56 Å². The predicted molar refractivity (Wildman–Crippen MR) is 72.1 cm³/mol. The van der Waals surface area contributed by atoms with Crippen LogP contribution in [0, 0.1) is 11.8 Å². The SMILES string of the molecule is CC(C(=O)O)C1C=CC2=C(C(=O)c3ccccc32)C1=O. The summed E-state index contributed by atoms with van der Waals surface area (Å²) in [4.78, 5) is 35.8. The van der Waals surface area contributed by atoms with E-state index >= 15 is 0 Å². The fraction of sp³-hybridized carbons (Fsp3) is 0.188. The minimum atomic E-state index is -1.04. The van der Waals surface area contributed by atoms with Crippen LogP contribution in [0.2, 0.25) is 0 Å². The summed E-state index contributed by atoms with van der Waals surface area (Å²) >= 11 is 0. The summed E-state index contributed by atoms with van der Waals surface area (Å²) in [5.74, 6) is -3.35. The van der Waals surface area contributed by atoms with Gasteiger partial charge in [0.15, 0.2) is 11.6 Å². The Morgan fingerprint density at radius 2 is 1.85 bits per heavy atom. The number of ketones is 2. The lowest BCUT2D eigenvalue weighted by molar-refractivity contribution is -0.144. The summed E-state index contributed by atoms with van der Waals surface area (Å²) in [6.45, 7) is 1.48. The molecule has 0 saturated carbocycles. The average molecular weight is 268 g/mol. The van der Waals surface area contributed by atoms with Crippen molar-refractivity contribution in [2.24, 2.45) is 11.8 Å². The highest BCUT2D eigenvalue weighted by Crippen LogP contribution is 2.39. The summed E-state index contributed by atoms with van der Waals surface area (Å²) in [5.41, 5.74) is 2.01. The normalized spacial score (nSPS) is 21.8. The van der Waals surface area contributed by atoms with Gasteiger partial charge in [-0.15, -0.1) is 0 Å². The Morgan fingerprint density at radius 3 is 2.50 bits per heavy atom. The third-order valence-electron chi connectivity index (χ3n) is 3.91. The molecule has 0 aromatic heterocycles. The number of carbonyl (C=O) groups is 3. The molecule has 3 rings (SSSR count). The molecule has 20 heavy (non-hydrogen) atoms.